The summed E-state index contributed by atoms with van der Waals surface area (Å²) in [7, 11) is 3.78. The van der Waals surface area contributed by atoms with Gasteiger partial charge in [0.15, 0.2) is 0 Å². The second-order valence-corrected chi connectivity index (χ2v) is 5.51. The lowest BCUT2D eigenvalue weighted by Crippen LogP contribution is -2.43. The number of nitrogen functional groups attached to an aromatic ring is 1. The van der Waals surface area contributed by atoms with Gasteiger partial charge in [-0.05, 0) is 24.8 Å². The van der Waals surface area contributed by atoms with Gasteiger partial charge in [0.05, 0.1) is 5.69 Å². The molecule has 1 fully saturated rings. The fourth-order valence-electron chi connectivity index (χ4n) is 3.01. The van der Waals surface area contributed by atoms with E-state index in [1.807, 2.05) is 23.6 Å². The van der Waals surface area contributed by atoms with E-state index in [0.29, 0.717) is 23.3 Å². The summed E-state index contributed by atoms with van der Waals surface area (Å²) in [6, 6.07) is 2.12. The van der Waals surface area contributed by atoms with Crippen molar-refractivity contribution in [3.8, 4) is 0 Å². The van der Waals surface area contributed by atoms with Crippen LogP contribution in [-0.2, 0) is 7.05 Å². The van der Waals surface area contributed by atoms with E-state index in [1.54, 1.807) is 12.3 Å². The van der Waals surface area contributed by atoms with Crippen LogP contribution in [0.25, 0.3) is 0 Å². The standard InChI is InChI=1S/C14H23N3O/c1-10-6-4-5-7-12(10)17(3)14(18)13-8-11(15)9-16(13)2/h8-10,12H,4-7,15H2,1-3H3. The fourth-order valence-corrected chi connectivity index (χ4v) is 3.01. The van der Waals surface area contributed by atoms with Gasteiger partial charge in [-0.25, -0.2) is 0 Å². The summed E-state index contributed by atoms with van der Waals surface area (Å²) in [6.45, 7) is 2.24. The molecular weight excluding hydrogens is 226 g/mol. The van der Waals surface area contributed by atoms with Gasteiger partial charge in [-0.2, -0.15) is 0 Å². The van der Waals surface area contributed by atoms with Crippen LogP contribution in [0.5, 0.6) is 0 Å². The minimum absolute atomic E-state index is 0.0768. The van der Waals surface area contributed by atoms with Gasteiger partial charge < -0.3 is 15.2 Å². The van der Waals surface area contributed by atoms with Gasteiger partial charge in [0.25, 0.3) is 5.91 Å². The van der Waals surface area contributed by atoms with Crippen LogP contribution in [0, 0.1) is 5.92 Å². The second kappa shape index (κ2) is 5.04. The third-order valence-corrected chi connectivity index (χ3v) is 4.13. The first-order valence-corrected chi connectivity index (χ1v) is 6.69. The fraction of sp³-hybridized carbons (Fsp3) is 0.643. The topological polar surface area (TPSA) is 51.3 Å². The first kappa shape index (κ1) is 13.0. The van der Waals surface area contributed by atoms with Crippen molar-refractivity contribution in [2.75, 3.05) is 12.8 Å². The van der Waals surface area contributed by atoms with E-state index in [9.17, 15) is 4.79 Å². The number of aryl methyl sites for hydroxylation is 1. The molecule has 2 rings (SSSR count). The molecule has 1 aliphatic rings. The Morgan fingerprint density at radius 2 is 2.11 bits per heavy atom. The molecule has 1 aliphatic carbocycles. The van der Waals surface area contributed by atoms with Crippen molar-refractivity contribution in [3.63, 3.8) is 0 Å². The number of carbonyl (C=O) groups excluding carboxylic acids is 1. The molecule has 1 saturated carbocycles. The van der Waals surface area contributed by atoms with Crippen molar-refractivity contribution >= 4 is 11.6 Å². The average Bonchev–Trinajstić information content (AvgIpc) is 2.67. The maximum Gasteiger partial charge on any atom is 0.270 e. The van der Waals surface area contributed by atoms with E-state index < -0.39 is 0 Å². The summed E-state index contributed by atoms with van der Waals surface area (Å²) < 4.78 is 1.81. The smallest absolute Gasteiger partial charge is 0.270 e. The number of carbonyl (C=O) groups is 1. The molecule has 0 aliphatic heterocycles. The zero-order chi connectivity index (χ0) is 13.3. The Morgan fingerprint density at radius 1 is 1.44 bits per heavy atom. The van der Waals surface area contributed by atoms with Crippen molar-refractivity contribution in [1.82, 2.24) is 9.47 Å². The summed E-state index contributed by atoms with van der Waals surface area (Å²) in [4.78, 5) is 14.4. The quantitative estimate of drug-likeness (QED) is 0.874. The van der Waals surface area contributed by atoms with Crippen molar-refractivity contribution in [1.29, 1.82) is 0 Å². The minimum Gasteiger partial charge on any atom is -0.397 e. The SMILES string of the molecule is CC1CCCCC1N(C)C(=O)c1cc(N)cn1C. The van der Waals surface area contributed by atoms with Crippen LogP contribution >= 0.6 is 0 Å². The zero-order valence-corrected chi connectivity index (χ0v) is 11.5. The molecule has 0 radical (unpaired) electrons. The summed E-state index contributed by atoms with van der Waals surface area (Å²) in [6.07, 6.45) is 6.63. The van der Waals surface area contributed by atoms with Crippen LogP contribution < -0.4 is 5.73 Å². The van der Waals surface area contributed by atoms with Gasteiger partial charge in [-0.1, -0.05) is 19.8 Å². The molecule has 0 bridgehead atoms. The predicted molar refractivity (Wildman–Crippen MR) is 73.3 cm³/mol. The molecular formula is C14H23N3O. The van der Waals surface area contributed by atoms with E-state index in [2.05, 4.69) is 6.92 Å². The van der Waals surface area contributed by atoms with E-state index in [0.717, 1.165) is 6.42 Å². The Kier molecular flexibility index (Phi) is 3.64. The Bertz CT molecular complexity index is 438. The molecule has 0 saturated heterocycles. The molecule has 1 aromatic rings. The first-order valence-electron chi connectivity index (χ1n) is 6.69. The third kappa shape index (κ3) is 2.37. The number of hydrogen-bond acceptors (Lipinski definition) is 2. The Balaban J connectivity index is 2.15. The van der Waals surface area contributed by atoms with Gasteiger partial charge in [0.2, 0.25) is 0 Å². The van der Waals surface area contributed by atoms with Crippen LogP contribution in [0.1, 0.15) is 43.1 Å². The average molecular weight is 249 g/mol. The molecule has 2 atom stereocenters. The van der Waals surface area contributed by atoms with E-state index in [4.69, 9.17) is 5.73 Å². The maximum atomic E-state index is 12.5. The number of hydrogen-bond donors (Lipinski definition) is 1. The number of anilines is 1. The van der Waals surface area contributed by atoms with Crippen LogP contribution in [0.2, 0.25) is 0 Å². The highest BCUT2D eigenvalue weighted by Gasteiger charge is 2.29. The molecule has 0 spiro atoms. The van der Waals surface area contributed by atoms with Crippen molar-refractivity contribution in [2.45, 2.75) is 38.6 Å². The van der Waals surface area contributed by atoms with Crippen LogP contribution in [0.15, 0.2) is 12.3 Å². The molecule has 2 unspecified atom stereocenters. The summed E-state index contributed by atoms with van der Waals surface area (Å²) in [5.41, 5.74) is 7.05. The van der Waals surface area contributed by atoms with Gasteiger partial charge in [-0.3, -0.25) is 4.79 Å². The molecule has 1 aromatic heterocycles. The van der Waals surface area contributed by atoms with E-state index in [1.165, 1.54) is 19.3 Å². The Hall–Kier alpha value is -1.45. The summed E-state index contributed by atoms with van der Waals surface area (Å²) in [5.74, 6) is 0.665. The Labute approximate surface area is 109 Å². The third-order valence-electron chi connectivity index (χ3n) is 4.13. The second-order valence-electron chi connectivity index (χ2n) is 5.51. The van der Waals surface area contributed by atoms with Crippen LogP contribution in [0.4, 0.5) is 5.69 Å². The molecule has 2 N–H and O–H groups in total. The van der Waals surface area contributed by atoms with Gasteiger partial charge in [-0.15, -0.1) is 0 Å². The molecule has 0 aromatic carbocycles. The van der Waals surface area contributed by atoms with Crippen LogP contribution in [0.3, 0.4) is 0 Å². The van der Waals surface area contributed by atoms with Crippen molar-refractivity contribution in [3.05, 3.63) is 18.0 Å². The van der Waals surface area contributed by atoms with Gasteiger partial charge in [0, 0.05) is 26.3 Å². The highest BCUT2D eigenvalue weighted by Crippen LogP contribution is 2.28. The van der Waals surface area contributed by atoms with Crippen LogP contribution in [-0.4, -0.2) is 28.5 Å². The minimum atomic E-state index is 0.0768. The monoisotopic (exact) mass is 249 g/mol. The molecule has 100 valence electrons. The molecule has 1 amide bonds. The molecule has 4 nitrogen and oxygen atoms in total. The number of nitrogens with two attached hydrogens (primary N) is 1. The van der Waals surface area contributed by atoms with E-state index in [-0.39, 0.29) is 5.91 Å². The van der Waals surface area contributed by atoms with Gasteiger partial charge in [0.1, 0.15) is 5.69 Å². The lowest BCUT2D eigenvalue weighted by atomic mass is 9.85. The maximum absolute atomic E-state index is 12.5. The normalized spacial score (nSPS) is 23.9. The van der Waals surface area contributed by atoms with Crippen molar-refractivity contribution in [2.24, 2.45) is 13.0 Å². The summed E-state index contributed by atoms with van der Waals surface area (Å²) >= 11 is 0. The lowest BCUT2D eigenvalue weighted by Gasteiger charge is -2.36. The number of rotatable bonds is 2. The number of nitrogens with zero attached hydrogens (tertiary/aromatic N) is 2. The molecule has 1 heterocycles. The Morgan fingerprint density at radius 3 is 2.67 bits per heavy atom. The first-order chi connectivity index (χ1) is 8.50. The lowest BCUT2D eigenvalue weighted by molar-refractivity contribution is 0.0619. The summed E-state index contributed by atoms with van der Waals surface area (Å²) in [5, 5.41) is 0. The highest BCUT2D eigenvalue weighted by atomic mass is 16.2. The molecule has 18 heavy (non-hydrogen) atoms. The van der Waals surface area contributed by atoms with Gasteiger partial charge >= 0.3 is 0 Å². The van der Waals surface area contributed by atoms with E-state index >= 15 is 0 Å². The predicted octanol–water partition coefficient (Wildman–Crippen LogP) is 2.26. The zero-order valence-electron chi connectivity index (χ0n) is 11.5. The molecule has 4 heteroatoms. The van der Waals surface area contributed by atoms with Crippen molar-refractivity contribution < 1.29 is 4.79 Å². The highest BCUT2D eigenvalue weighted by molar-refractivity contribution is 5.93. The number of aromatic nitrogens is 1. The number of amides is 1. The largest absolute Gasteiger partial charge is 0.397 e.